The molecule has 0 saturated heterocycles. The second kappa shape index (κ2) is 9.08. The normalized spacial score (nSPS) is 12.6. The molecule has 0 spiro atoms. The summed E-state index contributed by atoms with van der Waals surface area (Å²) < 4.78 is 0. The summed E-state index contributed by atoms with van der Waals surface area (Å²) in [6.45, 7) is 6.35. The second-order valence-electron chi connectivity index (χ2n) is 5.64. The Hall–Kier alpha value is -0.890. The summed E-state index contributed by atoms with van der Waals surface area (Å²) in [5, 5.41) is 0. The molecule has 0 amide bonds. The van der Waals surface area contributed by atoms with Crippen molar-refractivity contribution in [2.24, 2.45) is 5.73 Å². The SMILES string of the molecule is CCCCCCCCCC(N)c1ccc(C)nc1C. The molecule has 1 unspecified atom stereocenters. The molecule has 2 nitrogen and oxygen atoms in total. The first-order chi connectivity index (χ1) is 9.15. The molecule has 0 radical (unpaired) electrons. The Morgan fingerprint density at radius 1 is 1.00 bits per heavy atom. The lowest BCUT2D eigenvalue weighted by Gasteiger charge is -2.14. The van der Waals surface area contributed by atoms with Crippen molar-refractivity contribution < 1.29 is 0 Å². The summed E-state index contributed by atoms with van der Waals surface area (Å²) in [5.41, 5.74) is 9.65. The zero-order chi connectivity index (χ0) is 14.1. The Bertz CT molecular complexity index is 360. The number of nitrogens with zero attached hydrogens (tertiary/aromatic N) is 1. The Morgan fingerprint density at radius 2 is 1.63 bits per heavy atom. The van der Waals surface area contributed by atoms with Crippen LogP contribution in [0.15, 0.2) is 12.1 Å². The number of hydrogen-bond acceptors (Lipinski definition) is 2. The van der Waals surface area contributed by atoms with Crippen molar-refractivity contribution in [1.82, 2.24) is 4.98 Å². The predicted octanol–water partition coefficient (Wildman–Crippen LogP) is 4.84. The quantitative estimate of drug-likeness (QED) is 0.647. The smallest absolute Gasteiger partial charge is 0.0423 e. The Balaban J connectivity index is 2.22. The van der Waals surface area contributed by atoms with Crippen LogP contribution in [0.25, 0.3) is 0 Å². The Morgan fingerprint density at radius 3 is 2.26 bits per heavy atom. The summed E-state index contributed by atoms with van der Waals surface area (Å²) >= 11 is 0. The van der Waals surface area contributed by atoms with Crippen molar-refractivity contribution in [2.45, 2.75) is 78.2 Å². The molecule has 0 fully saturated rings. The van der Waals surface area contributed by atoms with Crippen molar-refractivity contribution in [3.8, 4) is 0 Å². The molecule has 0 aliphatic heterocycles. The first-order valence-electron chi connectivity index (χ1n) is 7.85. The summed E-state index contributed by atoms with van der Waals surface area (Å²) in [7, 11) is 0. The number of pyridine rings is 1. The number of aryl methyl sites for hydroxylation is 2. The number of nitrogens with two attached hydrogens (primary N) is 1. The van der Waals surface area contributed by atoms with Crippen LogP contribution in [0.2, 0.25) is 0 Å². The zero-order valence-electron chi connectivity index (χ0n) is 12.9. The van der Waals surface area contributed by atoms with Gasteiger partial charge in [0.2, 0.25) is 0 Å². The standard InChI is InChI=1S/C17H30N2/c1-4-5-6-7-8-9-10-11-17(18)16-13-12-14(2)19-15(16)3/h12-13,17H,4-11,18H2,1-3H3. The maximum atomic E-state index is 6.27. The molecule has 0 aliphatic carbocycles. The van der Waals surface area contributed by atoms with Crippen molar-refractivity contribution in [2.75, 3.05) is 0 Å². The lowest BCUT2D eigenvalue weighted by Crippen LogP contribution is -2.12. The number of hydrogen-bond donors (Lipinski definition) is 1. The Kier molecular flexibility index (Phi) is 7.73. The monoisotopic (exact) mass is 262 g/mol. The highest BCUT2D eigenvalue weighted by Crippen LogP contribution is 2.20. The van der Waals surface area contributed by atoms with Gasteiger partial charge in [-0.25, -0.2) is 0 Å². The molecule has 2 N–H and O–H groups in total. The van der Waals surface area contributed by atoms with Crippen molar-refractivity contribution in [1.29, 1.82) is 0 Å². The van der Waals surface area contributed by atoms with E-state index in [2.05, 4.69) is 31.0 Å². The lowest BCUT2D eigenvalue weighted by atomic mass is 9.99. The number of unbranched alkanes of at least 4 members (excludes halogenated alkanes) is 6. The minimum absolute atomic E-state index is 0.156. The maximum absolute atomic E-state index is 6.27. The molecule has 0 aromatic carbocycles. The van der Waals surface area contributed by atoms with Gasteiger partial charge < -0.3 is 5.73 Å². The van der Waals surface area contributed by atoms with Crippen LogP contribution in [-0.2, 0) is 0 Å². The predicted molar refractivity (Wildman–Crippen MR) is 83.2 cm³/mol. The molecule has 1 rings (SSSR count). The average molecular weight is 262 g/mol. The van der Waals surface area contributed by atoms with Crippen LogP contribution in [0, 0.1) is 13.8 Å². The largest absolute Gasteiger partial charge is 0.324 e. The van der Waals surface area contributed by atoms with Crippen LogP contribution >= 0.6 is 0 Å². The molecule has 19 heavy (non-hydrogen) atoms. The lowest BCUT2D eigenvalue weighted by molar-refractivity contribution is 0.539. The van der Waals surface area contributed by atoms with Gasteiger partial charge in [0, 0.05) is 17.4 Å². The molecule has 2 heteroatoms. The molecule has 108 valence electrons. The molecule has 0 bridgehead atoms. The average Bonchev–Trinajstić information content (AvgIpc) is 2.37. The van der Waals surface area contributed by atoms with E-state index in [0.29, 0.717) is 0 Å². The first-order valence-corrected chi connectivity index (χ1v) is 7.85. The van der Waals surface area contributed by atoms with Gasteiger partial charge in [-0.05, 0) is 31.9 Å². The minimum atomic E-state index is 0.156. The van der Waals surface area contributed by atoms with E-state index < -0.39 is 0 Å². The van der Waals surface area contributed by atoms with Crippen molar-refractivity contribution in [3.05, 3.63) is 29.1 Å². The summed E-state index contributed by atoms with van der Waals surface area (Å²) in [6, 6.07) is 4.36. The first kappa shape index (κ1) is 16.2. The van der Waals surface area contributed by atoms with Gasteiger partial charge in [-0.1, -0.05) is 57.9 Å². The van der Waals surface area contributed by atoms with E-state index in [1.165, 1.54) is 50.5 Å². The highest BCUT2D eigenvalue weighted by atomic mass is 14.7. The van der Waals surface area contributed by atoms with Crippen molar-refractivity contribution in [3.63, 3.8) is 0 Å². The fourth-order valence-corrected chi connectivity index (χ4v) is 2.57. The van der Waals surface area contributed by atoms with Crippen molar-refractivity contribution >= 4 is 0 Å². The maximum Gasteiger partial charge on any atom is 0.0423 e. The molecule has 1 aromatic heterocycles. The second-order valence-corrected chi connectivity index (χ2v) is 5.64. The van der Waals surface area contributed by atoms with Gasteiger partial charge in [-0.3, -0.25) is 4.98 Å². The van der Waals surface area contributed by atoms with E-state index in [4.69, 9.17) is 5.73 Å². The van der Waals surface area contributed by atoms with E-state index >= 15 is 0 Å². The van der Waals surface area contributed by atoms with E-state index in [1.54, 1.807) is 0 Å². The van der Waals surface area contributed by atoms with Gasteiger partial charge in [0.15, 0.2) is 0 Å². The van der Waals surface area contributed by atoms with E-state index in [1.807, 2.05) is 6.92 Å². The molecule has 0 saturated carbocycles. The third-order valence-corrected chi connectivity index (χ3v) is 3.78. The molecule has 0 aliphatic rings. The van der Waals surface area contributed by atoms with Gasteiger partial charge in [0.1, 0.15) is 0 Å². The molecular formula is C17H30N2. The number of aromatic nitrogens is 1. The summed E-state index contributed by atoms with van der Waals surface area (Å²) in [4.78, 5) is 4.49. The van der Waals surface area contributed by atoms with Gasteiger partial charge in [-0.2, -0.15) is 0 Å². The van der Waals surface area contributed by atoms with Crippen LogP contribution in [-0.4, -0.2) is 4.98 Å². The van der Waals surface area contributed by atoms with E-state index in [0.717, 1.165) is 17.8 Å². The van der Waals surface area contributed by atoms with Crippen LogP contribution in [0.1, 0.15) is 81.3 Å². The van der Waals surface area contributed by atoms with Crippen LogP contribution in [0.4, 0.5) is 0 Å². The van der Waals surface area contributed by atoms with Crippen LogP contribution in [0.5, 0.6) is 0 Å². The number of rotatable bonds is 9. The molecular weight excluding hydrogens is 232 g/mol. The fourth-order valence-electron chi connectivity index (χ4n) is 2.57. The third-order valence-electron chi connectivity index (χ3n) is 3.78. The van der Waals surface area contributed by atoms with Gasteiger partial charge in [-0.15, -0.1) is 0 Å². The molecule has 1 aromatic rings. The van der Waals surface area contributed by atoms with E-state index in [-0.39, 0.29) is 6.04 Å². The third kappa shape index (κ3) is 6.20. The van der Waals surface area contributed by atoms with Crippen LogP contribution in [0.3, 0.4) is 0 Å². The minimum Gasteiger partial charge on any atom is -0.324 e. The topological polar surface area (TPSA) is 38.9 Å². The molecule has 1 atom stereocenters. The van der Waals surface area contributed by atoms with E-state index in [9.17, 15) is 0 Å². The van der Waals surface area contributed by atoms with Gasteiger partial charge in [0.05, 0.1) is 0 Å². The summed E-state index contributed by atoms with van der Waals surface area (Å²) in [5.74, 6) is 0. The Labute approximate surface area is 118 Å². The zero-order valence-corrected chi connectivity index (χ0v) is 12.9. The molecule has 1 heterocycles. The van der Waals surface area contributed by atoms with Gasteiger partial charge in [0.25, 0.3) is 0 Å². The summed E-state index contributed by atoms with van der Waals surface area (Å²) in [6.07, 6.45) is 10.5. The highest BCUT2D eigenvalue weighted by molar-refractivity contribution is 5.24. The fraction of sp³-hybridized carbons (Fsp3) is 0.706. The van der Waals surface area contributed by atoms with Crippen LogP contribution < -0.4 is 5.73 Å². The highest BCUT2D eigenvalue weighted by Gasteiger charge is 2.09. The van der Waals surface area contributed by atoms with Gasteiger partial charge >= 0.3 is 0 Å².